The van der Waals surface area contributed by atoms with Gasteiger partial charge in [0.2, 0.25) is 0 Å². The molecular weight excluding hydrogens is 408 g/mol. The van der Waals surface area contributed by atoms with Crippen molar-refractivity contribution in [3.63, 3.8) is 0 Å². The Labute approximate surface area is 194 Å². The lowest BCUT2D eigenvalue weighted by molar-refractivity contribution is 0.434. The zero-order chi connectivity index (χ0) is 22.9. The summed E-state index contributed by atoms with van der Waals surface area (Å²) in [6.45, 7) is 6.37. The lowest BCUT2D eigenvalue weighted by atomic mass is 10.0. The van der Waals surface area contributed by atoms with Gasteiger partial charge in [-0.2, -0.15) is 4.98 Å². The number of aromatic nitrogens is 4. The molecule has 0 aliphatic carbocycles. The number of hydrogen-bond donors (Lipinski definition) is 0. The van der Waals surface area contributed by atoms with Gasteiger partial charge in [-0.1, -0.05) is 60.2 Å². The molecule has 2 heterocycles. The van der Waals surface area contributed by atoms with Gasteiger partial charge >= 0.3 is 6.01 Å². The molecule has 0 fully saturated rings. The Balaban J connectivity index is 1.61. The van der Waals surface area contributed by atoms with Gasteiger partial charge in [0.25, 0.3) is 0 Å². The summed E-state index contributed by atoms with van der Waals surface area (Å²) in [6.07, 6.45) is 5.84. The van der Waals surface area contributed by atoms with E-state index in [4.69, 9.17) is 9.72 Å². The third kappa shape index (κ3) is 4.17. The molecule has 0 saturated heterocycles. The van der Waals surface area contributed by atoms with E-state index in [-0.39, 0.29) is 0 Å². The molecule has 0 N–H and O–H groups in total. The number of aryl methyl sites for hydroxylation is 4. The number of ether oxygens (including phenoxy) is 1. The quantitative estimate of drug-likeness (QED) is 0.311. The van der Waals surface area contributed by atoms with Crippen molar-refractivity contribution >= 4 is 0 Å². The summed E-state index contributed by atoms with van der Waals surface area (Å²) in [5.41, 5.74) is 8.50. The fraction of sp³-hybridized carbons (Fsp3) is 0.143. The summed E-state index contributed by atoms with van der Waals surface area (Å²) >= 11 is 0. The van der Waals surface area contributed by atoms with Crippen LogP contribution in [0.2, 0.25) is 0 Å². The maximum atomic E-state index is 6.39. The Hall–Kier alpha value is -4.12. The molecule has 0 aliphatic rings. The van der Waals surface area contributed by atoms with E-state index in [0.29, 0.717) is 11.8 Å². The van der Waals surface area contributed by atoms with Crippen molar-refractivity contribution in [2.75, 3.05) is 0 Å². The van der Waals surface area contributed by atoms with Crippen molar-refractivity contribution in [1.82, 2.24) is 19.1 Å². The average molecular weight is 435 g/mol. The standard InChI is InChI=1S/C28H26N4O/c1-19-13-20(2)27(21(3)14-19)32-17-26(22-9-6-5-7-10-22)30-28(32)33-24-12-8-11-23(15-24)25-16-31(4)18-29-25/h5-18H,1-4H3. The van der Waals surface area contributed by atoms with Crippen molar-refractivity contribution < 1.29 is 4.74 Å². The summed E-state index contributed by atoms with van der Waals surface area (Å²) in [4.78, 5) is 9.35. The third-order valence-electron chi connectivity index (χ3n) is 5.66. The Morgan fingerprint density at radius 2 is 1.48 bits per heavy atom. The van der Waals surface area contributed by atoms with E-state index >= 15 is 0 Å². The van der Waals surface area contributed by atoms with Gasteiger partial charge in [0.1, 0.15) is 5.75 Å². The third-order valence-corrected chi connectivity index (χ3v) is 5.66. The molecule has 5 rings (SSSR count). The van der Waals surface area contributed by atoms with Gasteiger partial charge in [-0.25, -0.2) is 4.98 Å². The summed E-state index contributed by atoms with van der Waals surface area (Å²) in [6, 6.07) is 23.0. The fourth-order valence-electron chi connectivity index (χ4n) is 4.28. The maximum Gasteiger partial charge on any atom is 0.307 e. The van der Waals surface area contributed by atoms with Gasteiger partial charge in [-0.15, -0.1) is 0 Å². The monoisotopic (exact) mass is 434 g/mol. The first kappa shape index (κ1) is 20.8. The number of rotatable bonds is 5. The van der Waals surface area contributed by atoms with Gasteiger partial charge in [-0.05, 0) is 44.0 Å². The van der Waals surface area contributed by atoms with Crippen LogP contribution >= 0.6 is 0 Å². The number of nitrogens with zero attached hydrogens (tertiary/aromatic N) is 4. The minimum Gasteiger partial charge on any atom is -0.425 e. The van der Waals surface area contributed by atoms with Gasteiger partial charge in [0.05, 0.1) is 23.4 Å². The first-order chi connectivity index (χ1) is 16.0. The Bertz CT molecular complexity index is 1410. The highest BCUT2D eigenvalue weighted by Gasteiger charge is 2.17. The molecule has 0 unspecified atom stereocenters. The molecule has 0 saturated carbocycles. The molecule has 0 radical (unpaired) electrons. The second-order valence-corrected chi connectivity index (χ2v) is 8.45. The van der Waals surface area contributed by atoms with Crippen LogP contribution in [0.3, 0.4) is 0 Å². The largest absolute Gasteiger partial charge is 0.425 e. The minimum atomic E-state index is 0.530. The van der Waals surface area contributed by atoms with Gasteiger partial charge in [0, 0.05) is 30.6 Å². The zero-order valence-electron chi connectivity index (χ0n) is 19.3. The molecule has 2 aromatic heterocycles. The van der Waals surface area contributed by atoms with Crippen LogP contribution in [-0.4, -0.2) is 19.1 Å². The predicted molar refractivity (Wildman–Crippen MR) is 132 cm³/mol. The van der Waals surface area contributed by atoms with Crippen LogP contribution in [0.15, 0.2) is 85.5 Å². The molecule has 5 heteroatoms. The lowest BCUT2D eigenvalue weighted by Gasteiger charge is -2.15. The fourth-order valence-corrected chi connectivity index (χ4v) is 4.28. The second kappa shape index (κ2) is 8.43. The number of benzene rings is 3. The summed E-state index contributed by atoms with van der Waals surface area (Å²) in [7, 11) is 1.96. The molecule has 164 valence electrons. The van der Waals surface area contributed by atoms with Gasteiger partial charge in [0.15, 0.2) is 0 Å². The van der Waals surface area contributed by atoms with Crippen LogP contribution in [-0.2, 0) is 7.05 Å². The van der Waals surface area contributed by atoms with E-state index in [1.54, 1.807) is 6.33 Å². The maximum absolute atomic E-state index is 6.39. The van der Waals surface area contributed by atoms with Crippen molar-refractivity contribution in [3.8, 4) is 40.0 Å². The highest BCUT2D eigenvalue weighted by atomic mass is 16.5. The Kier molecular flexibility index (Phi) is 5.31. The highest BCUT2D eigenvalue weighted by molar-refractivity contribution is 5.63. The van der Waals surface area contributed by atoms with Crippen LogP contribution < -0.4 is 4.74 Å². The molecule has 33 heavy (non-hydrogen) atoms. The van der Waals surface area contributed by atoms with E-state index in [9.17, 15) is 0 Å². The molecule has 0 spiro atoms. The van der Waals surface area contributed by atoms with Crippen LogP contribution in [0, 0.1) is 20.8 Å². The lowest BCUT2D eigenvalue weighted by Crippen LogP contribution is -2.02. The van der Waals surface area contributed by atoms with Gasteiger partial charge in [-0.3, -0.25) is 4.57 Å². The van der Waals surface area contributed by atoms with Crippen molar-refractivity contribution in [1.29, 1.82) is 0 Å². The molecule has 0 atom stereocenters. The van der Waals surface area contributed by atoms with E-state index in [0.717, 1.165) is 28.2 Å². The predicted octanol–water partition coefficient (Wildman–Crippen LogP) is 6.66. The second-order valence-electron chi connectivity index (χ2n) is 8.45. The molecule has 0 aliphatic heterocycles. The molecule has 5 aromatic rings. The van der Waals surface area contributed by atoms with Gasteiger partial charge < -0.3 is 9.30 Å². The molecular formula is C28H26N4O. The van der Waals surface area contributed by atoms with Crippen LogP contribution in [0.5, 0.6) is 11.8 Å². The van der Waals surface area contributed by atoms with Crippen molar-refractivity contribution in [3.05, 3.63) is 102 Å². The molecule has 5 nitrogen and oxygen atoms in total. The van der Waals surface area contributed by atoms with E-state index in [1.165, 1.54) is 16.7 Å². The first-order valence-corrected chi connectivity index (χ1v) is 11.0. The normalized spacial score (nSPS) is 11.0. The van der Waals surface area contributed by atoms with E-state index in [1.807, 2.05) is 60.3 Å². The first-order valence-electron chi connectivity index (χ1n) is 11.0. The smallest absolute Gasteiger partial charge is 0.307 e. The number of hydrogen-bond acceptors (Lipinski definition) is 3. The van der Waals surface area contributed by atoms with Crippen molar-refractivity contribution in [2.45, 2.75) is 20.8 Å². The average Bonchev–Trinajstić information content (AvgIpc) is 3.41. The van der Waals surface area contributed by atoms with Crippen LogP contribution in [0.25, 0.3) is 28.2 Å². The van der Waals surface area contributed by atoms with Crippen molar-refractivity contribution in [2.24, 2.45) is 7.05 Å². The summed E-state index contributed by atoms with van der Waals surface area (Å²) in [5, 5.41) is 0. The molecule has 0 bridgehead atoms. The van der Waals surface area contributed by atoms with E-state index < -0.39 is 0 Å². The van der Waals surface area contributed by atoms with Crippen LogP contribution in [0.4, 0.5) is 0 Å². The highest BCUT2D eigenvalue weighted by Crippen LogP contribution is 2.33. The number of imidazole rings is 2. The zero-order valence-corrected chi connectivity index (χ0v) is 19.3. The SMILES string of the molecule is Cc1cc(C)c(-n2cc(-c3ccccc3)nc2Oc2cccc(-c3cn(C)cn3)c2)c(C)c1. The molecule has 0 amide bonds. The Morgan fingerprint density at radius 3 is 2.18 bits per heavy atom. The topological polar surface area (TPSA) is 44.9 Å². The summed E-state index contributed by atoms with van der Waals surface area (Å²) < 4.78 is 10.4. The minimum absolute atomic E-state index is 0.530. The van der Waals surface area contributed by atoms with Crippen LogP contribution in [0.1, 0.15) is 16.7 Å². The summed E-state index contributed by atoms with van der Waals surface area (Å²) in [5.74, 6) is 0.715. The molecule has 3 aromatic carbocycles. The Morgan fingerprint density at radius 1 is 0.758 bits per heavy atom. The van der Waals surface area contributed by atoms with E-state index in [2.05, 4.69) is 60.8 Å².